The molecule has 0 heterocycles. The maximum absolute atomic E-state index is 5.94. The topological polar surface area (TPSA) is 56.5 Å². The predicted molar refractivity (Wildman–Crippen MR) is 78.1 cm³/mol. The van der Waals surface area contributed by atoms with E-state index in [1.807, 2.05) is 19.1 Å². The average Bonchev–Trinajstić information content (AvgIpc) is 2.42. The molecule has 0 saturated heterocycles. The zero-order valence-corrected chi connectivity index (χ0v) is 12.0. The van der Waals surface area contributed by atoms with Crippen LogP contribution in [0, 0.1) is 6.92 Å². The molecule has 4 nitrogen and oxygen atoms in total. The molecule has 1 fully saturated rings. The Balaban J connectivity index is 2.14. The molecule has 0 spiro atoms. The highest BCUT2D eigenvalue weighted by molar-refractivity contribution is 5.64. The second-order valence-corrected chi connectivity index (χ2v) is 5.23. The third kappa shape index (κ3) is 3.13. The molecule has 0 aliphatic heterocycles. The van der Waals surface area contributed by atoms with Gasteiger partial charge < -0.3 is 20.5 Å². The fraction of sp³-hybridized carbons (Fsp3) is 0.600. The Morgan fingerprint density at radius 3 is 2.37 bits per heavy atom. The van der Waals surface area contributed by atoms with Crippen molar-refractivity contribution in [1.82, 2.24) is 0 Å². The molecule has 2 rings (SSSR count). The summed E-state index contributed by atoms with van der Waals surface area (Å²) in [5.41, 5.74) is 8.01. The zero-order chi connectivity index (χ0) is 13.8. The molecule has 0 amide bonds. The fourth-order valence-electron chi connectivity index (χ4n) is 2.75. The largest absolute Gasteiger partial charge is 0.496 e. The van der Waals surface area contributed by atoms with Crippen LogP contribution in [0.3, 0.4) is 0 Å². The van der Waals surface area contributed by atoms with Crippen molar-refractivity contribution in [2.75, 3.05) is 19.5 Å². The van der Waals surface area contributed by atoms with Gasteiger partial charge in [-0.15, -0.1) is 0 Å². The molecule has 1 aliphatic carbocycles. The molecule has 4 heteroatoms. The molecule has 1 aliphatic rings. The van der Waals surface area contributed by atoms with E-state index in [4.69, 9.17) is 15.2 Å². The minimum Gasteiger partial charge on any atom is -0.496 e. The minimum atomic E-state index is 0.373. The Morgan fingerprint density at radius 2 is 1.79 bits per heavy atom. The fourth-order valence-corrected chi connectivity index (χ4v) is 2.75. The first-order valence-electron chi connectivity index (χ1n) is 6.89. The number of anilines is 1. The molecule has 1 aromatic rings. The molecule has 0 unspecified atom stereocenters. The van der Waals surface area contributed by atoms with Gasteiger partial charge in [-0.25, -0.2) is 0 Å². The average molecular weight is 264 g/mol. The van der Waals surface area contributed by atoms with Crippen LogP contribution in [0.1, 0.15) is 31.2 Å². The smallest absolute Gasteiger partial charge is 0.148 e. The number of hydrogen-bond donors (Lipinski definition) is 2. The van der Waals surface area contributed by atoms with Crippen molar-refractivity contribution in [1.29, 1.82) is 0 Å². The van der Waals surface area contributed by atoms with Crippen molar-refractivity contribution in [2.45, 2.75) is 44.7 Å². The number of nitrogens with two attached hydrogens (primary N) is 1. The van der Waals surface area contributed by atoms with Gasteiger partial charge in [0.05, 0.1) is 19.9 Å². The van der Waals surface area contributed by atoms with Crippen LogP contribution in [-0.4, -0.2) is 26.3 Å². The van der Waals surface area contributed by atoms with Gasteiger partial charge in [-0.05, 0) is 44.7 Å². The van der Waals surface area contributed by atoms with E-state index in [2.05, 4.69) is 5.32 Å². The Hall–Kier alpha value is -1.42. The standard InChI is InChI=1S/C15H24N2O2/c1-10-14(18-2)9-8-13(15(10)19-3)17-12-6-4-11(16)5-7-12/h8-9,11-12,17H,4-7,16H2,1-3H3. The third-order valence-electron chi connectivity index (χ3n) is 3.91. The maximum Gasteiger partial charge on any atom is 0.148 e. The van der Waals surface area contributed by atoms with E-state index in [0.717, 1.165) is 48.4 Å². The molecule has 3 N–H and O–H groups in total. The highest BCUT2D eigenvalue weighted by Crippen LogP contribution is 2.36. The van der Waals surface area contributed by atoms with Crippen molar-refractivity contribution in [3.05, 3.63) is 17.7 Å². The van der Waals surface area contributed by atoms with Crippen LogP contribution in [0.15, 0.2) is 12.1 Å². The first-order chi connectivity index (χ1) is 9.15. The third-order valence-corrected chi connectivity index (χ3v) is 3.91. The van der Waals surface area contributed by atoms with Crippen LogP contribution in [0.4, 0.5) is 5.69 Å². The summed E-state index contributed by atoms with van der Waals surface area (Å²) < 4.78 is 10.8. The van der Waals surface area contributed by atoms with E-state index in [-0.39, 0.29) is 0 Å². The quantitative estimate of drug-likeness (QED) is 0.878. The van der Waals surface area contributed by atoms with E-state index in [0.29, 0.717) is 12.1 Å². The van der Waals surface area contributed by atoms with Crippen LogP contribution >= 0.6 is 0 Å². The number of benzene rings is 1. The lowest BCUT2D eigenvalue weighted by atomic mass is 9.91. The lowest BCUT2D eigenvalue weighted by molar-refractivity contribution is 0.386. The number of nitrogens with one attached hydrogen (secondary N) is 1. The van der Waals surface area contributed by atoms with Gasteiger partial charge in [0.25, 0.3) is 0 Å². The summed E-state index contributed by atoms with van der Waals surface area (Å²) in [6.45, 7) is 2.01. The summed E-state index contributed by atoms with van der Waals surface area (Å²) in [5, 5.41) is 3.58. The highest BCUT2D eigenvalue weighted by atomic mass is 16.5. The van der Waals surface area contributed by atoms with E-state index in [1.165, 1.54) is 0 Å². The summed E-state index contributed by atoms with van der Waals surface area (Å²) in [6.07, 6.45) is 4.43. The molecule has 0 radical (unpaired) electrons. The molecule has 1 saturated carbocycles. The normalized spacial score (nSPS) is 22.9. The van der Waals surface area contributed by atoms with Crippen molar-refractivity contribution in [3.8, 4) is 11.5 Å². The second-order valence-electron chi connectivity index (χ2n) is 5.23. The zero-order valence-electron chi connectivity index (χ0n) is 12.0. The number of ether oxygens (including phenoxy) is 2. The summed E-state index contributed by atoms with van der Waals surface area (Å²) in [6, 6.07) is 4.87. The van der Waals surface area contributed by atoms with Crippen molar-refractivity contribution < 1.29 is 9.47 Å². The van der Waals surface area contributed by atoms with Gasteiger partial charge in [-0.3, -0.25) is 0 Å². The van der Waals surface area contributed by atoms with E-state index in [1.54, 1.807) is 14.2 Å². The van der Waals surface area contributed by atoms with Gasteiger partial charge in [0.15, 0.2) is 0 Å². The number of methoxy groups -OCH3 is 2. The SMILES string of the molecule is COc1ccc(NC2CCC(N)CC2)c(OC)c1C. The Morgan fingerprint density at radius 1 is 1.11 bits per heavy atom. The summed E-state index contributed by atoms with van der Waals surface area (Å²) in [4.78, 5) is 0. The summed E-state index contributed by atoms with van der Waals surface area (Å²) in [7, 11) is 3.38. The van der Waals surface area contributed by atoms with Gasteiger partial charge in [-0.1, -0.05) is 0 Å². The van der Waals surface area contributed by atoms with Gasteiger partial charge in [0.2, 0.25) is 0 Å². The van der Waals surface area contributed by atoms with Gasteiger partial charge in [0, 0.05) is 17.6 Å². The van der Waals surface area contributed by atoms with E-state index in [9.17, 15) is 0 Å². The lowest BCUT2D eigenvalue weighted by Crippen LogP contribution is -2.32. The van der Waals surface area contributed by atoms with Crippen LogP contribution in [-0.2, 0) is 0 Å². The summed E-state index contributed by atoms with van der Waals surface area (Å²) in [5.74, 6) is 1.72. The Bertz CT molecular complexity index is 426. The van der Waals surface area contributed by atoms with E-state index < -0.39 is 0 Å². The monoisotopic (exact) mass is 264 g/mol. The van der Waals surface area contributed by atoms with Crippen molar-refractivity contribution in [2.24, 2.45) is 5.73 Å². The van der Waals surface area contributed by atoms with Crippen LogP contribution in [0.25, 0.3) is 0 Å². The molecule has 0 bridgehead atoms. The maximum atomic E-state index is 5.94. The summed E-state index contributed by atoms with van der Waals surface area (Å²) >= 11 is 0. The minimum absolute atomic E-state index is 0.373. The predicted octanol–water partition coefficient (Wildman–Crippen LogP) is 2.69. The molecule has 0 atom stereocenters. The molecule has 0 aromatic heterocycles. The van der Waals surface area contributed by atoms with Gasteiger partial charge in [0.1, 0.15) is 11.5 Å². The first kappa shape index (κ1) is 14.0. The Kier molecular flexibility index (Phi) is 4.53. The van der Waals surface area contributed by atoms with E-state index >= 15 is 0 Å². The van der Waals surface area contributed by atoms with Crippen molar-refractivity contribution in [3.63, 3.8) is 0 Å². The second kappa shape index (κ2) is 6.15. The molecule has 1 aromatic carbocycles. The molecular formula is C15H24N2O2. The van der Waals surface area contributed by atoms with Gasteiger partial charge in [-0.2, -0.15) is 0 Å². The van der Waals surface area contributed by atoms with Crippen LogP contribution in [0.5, 0.6) is 11.5 Å². The number of hydrogen-bond acceptors (Lipinski definition) is 4. The highest BCUT2D eigenvalue weighted by Gasteiger charge is 2.20. The molecule has 106 valence electrons. The molecule has 19 heavy (non-hydrogen) atoms. The molecular weight excluding hydrogens is 240 g/mol. The van der Waals surface area contributed by atoms with Crippen LogP contribution in [0.2, 0.25) is 0 Å². The number of rotatable bonds is 4. The van der Waals surface area contributed by atoms with Crippen LogP contribution < -0.4 is 20.5 Å². The Labute approximate surface area is 115 Å². The van der Waals surface area contributed by atoms with Crippen molar-refractivity contribution >= 4 is 5.69 Å². The first-order valence-corrected chi connectivity index (χ1v) is 6.89. The lowest BCUT2D eigenvalue weighted by Gasteiger charge is -2.28. The van der Waals surface area contributed by atoms with Gasteiger partial charge >= 0.3 is 0 Å².